The summed E-state index contributed by atoms with van der Waals surface area (Å²) in [6, 6.07) is 4.84. The third-order valence-corrected chi connectivity index (χ3v) is 4.07. The van der Waals surface area contributed by atoms with Crippen molar-refractivity contribution < 1.29 is 4.39 Å². The summed E-state index contributed by atoms with van der Waals surface area (Å²) < 4.78 is 15.0. The molecule has 0 fully saturated rings. The van der Waals surface area contributed by atoms with E-state index in [1.54, 1.807) is 12.1 Å². The van der Waals surface area contributed by atoms with E-state index in [1.165, 1.54) is 6.07 Å². The minimum absolute atomic E-state index is 0.0704. The van der Waals surface area contributed by atoms with Gasteiger partial charge in [0.05, 0.1) is 20.8 Å². The zero-order valence-electron chi connectivity index (χ0n) is 11.9. The molecule has 0 spiro atoms. The average molecular weight is 373 g/mol. The lowest BCUT2D eigenvalue weighted by molar-refractivity contribution is 0.630. The van der Waals surface area contributed by atoms with Crippen molar-refractivity contribution in [3.8, 4) is 11.4 Å². The number of aromatic nitrogens is 2. The van der Waals surface area contributed by atoms with Crippen LogP contribution in [0.4, 0.5) is 10.2 Å². The number of halogens is 3. The molecule has 1 N–H and O–H groups in total. The summed E-state index contributed by atoms with van der Waals surface area (Å²) in [6.07, 6.45) is 1.73. The van der Waals surface area contributed by atoms with E-state index in [4.69, 9.17) is 11.6 Å². The number of benzene rings is 1. The van der Waals surface area contributed by atoms with Crippen LogP contribution in [-0.4, -0.2) is 16.5 Å². The van der Waals surface area contributed by atoms with Crippen LogP contribution in [0.15, 0.2) is 22.7 Å². The zero-order valence-corrected chi connectivity index (χ0v) is 14.2. The van der Waals surface area contributed by atoms with Gasteiger partial charge >= 0.3 is 0 Å². The van der Waals surface area contributed by atoms with E-state index >= 15 is 0 Å². The van der Waals surface area contributed by atoms with Crippen molar-refractivity contribution >= 4 is 33.3 Å². The minimum Gasteiger partial charge on any atom is -0.369 e. The van der Waals surface area contributed by atoms with Gasteiger partial charge in [0.2, 0.25) is 0 Å². The molecule has 2 rings (SSSR count). The Kier molecular flexibility index (Phi) is 5.53. The molecule has 0 aliphatic rings. The molecule has 2 aromatic rings. The summed E-state index contributed by atoms with van der Waals surface area (Å²) >= 11 is 9.36. The number of aryl methyl sites for hydroxylation is 1. The van der Waals surface area contributed by atoms with Crippen LogP contribution in [0.1, 0.15) is 26.0 Å². The van der Waals surface area contributed by atoms with Gasteiger partial charge in [0.1, 0.15) is 5.82 Å². The fourth-order valence-corrected chi connectivity index (χ4v) is 2.67. The van der Waals surface area contributed by atoms with Gasteiger partial charge in [-0.3, -0.25) is 0 Å². The van der Waals surface area contributed by atoms with Crippen LogP contribution in [0, 0.1) is 5.82 Å². The molecule has 0 saturated heterocycles. The molecule has 21 heavy (non-hydrogen) atoms. The molecule has 0 bridgehead atoms. The number of hydrogen-bond donors (Lipinski definition) is 1. The number of nitrogens with one attached hydrogen (secondary N) is 1. The molecule has 1 aromatic carbocycles. The lowest BCUT2D eigenvalue weighted by Gasteiger charge is -2.12. The summed E-state index contributed by atoms with van der Waals surface area (Å²) in [6.45, 7) is 4.77. The number of anilines is 1. The van der Waals surface area contributed by atoms with Crippen molar-refractivity contribution in [1.29, 1.82) is 0 Å². The van der Waals surface area contributed by atoms with Gasteiger partial charge in [0, 0.05) is 6.54 Å². The average Bonchev–Trinajstić information content (AvgIpc) is 2.46. The van der Waals surface area contributed by atoms with Crippen molar-refractivity contribution in [2.45, 2.75) is 26.7 Å². The van der Waals surface area contributed by atoms with Gasteiger partial charge in [-0.15, -0.1) is 0 Å². The first kappa shape index (κ1) is 16.2. The first-order chi connectivity index (χ1) is 10.1. The molecule has 0 aliphatic heterocycles. The van der Waals surface area contributed by atoms with Crippen molar-refractivity contribution in [3.63, 3.8) is 0 Å². The third-order valence-electron chi connectivity index (χ3n) is 2.94. The molecular formula is C15H16BrClFN3. The monoisotopic (exact) mass is 371 g/mol. The van der Waals surface area contributed by atoms with E-state index < -0.39 is 5.82 Å². The predicted octanol–water partition coefficient (Wildman–Crippen LogP) is 5.08. The van der Waals surface area contributed by atoms with Crippen LogP contribution in [0.5, 0.6) is 0 Å². The topological polar surface area (TPSA) is 37.8 Å². The normalized spacial score (nSPS) is 10.7. The molecule has 112 valence electrons. The Balaban J connectivity index is 2.60. The number of nitrogens with zero attached hydrogens (tertiary/aromatic N) is 2. The fourth-order valence-electron chi connectivity index (χ4n) is 1.98. The molecule has 0 saturated carbocycles. The van der Waals surface area contributed by atoms with Crippen molar-refractivity contribution in [2.75, 3.05) is 11.9 Å². The van der Waals surface area contributed by atoms with Crippen molar-refractivity contribution in [3.05, 3.63) is 39.2 Å². The zero-order chi connectivity index (χ0) is 15.4. The Morgan fingerprint density at radius 3 is 2.71 bits per heavy atom. The van der Waals surface area contributed by atoms with Gasteiger partial charge in [-0.1, -0.05) is 31.0 Å². The third kappa shape index (κ3) is 3.52. The van der Waals surface area contributed by atoms with Gasteiger partial charge in [-0.2, -0.15) is 0 Å². The first-order valence-corrected chi connectivity index (χ1v) is 8.00. The Morgan fingerprint density at radius 1 is 1.29 bits per heavy atom. The first-order valence-electron chi connectivity index (χ1n) is 6.83. The second-order valence-corrected chi connectivity index (χ2v) is 5.74. The molecule has 1 heterocycles. The van der Waals surface area contributed by atoms with E-state index in [0.29, 0.717) is 17.2 Å². The van der Waals surface area contributed by atoms with Gasteiger partial charge in [-0.25, -0.2) is 14.4 Å². The van der Waals surface area contributed by atoms with Gasteiger partial charge in [0.25, 0.3) is 0 Å². The van der Waals surface area contributed by atoms with Crippen LogP contribution in [0.25, 0.3) is 11.4 Å². The highest BCUT2D eigenvalue weighted by Gasteiger charge is 2.16. The molecule has 1 aromatic heterocycles. The second-order valence-electron chi connectivity index (χ2n) is 4.54. The quantitative estimate of drug-likeness (QED) is 0.795. The maximum absolute atomic E-state index is 14.2. The molecule has 3 nitrogen and oxygen atoms in total. The van der Waals surface area contributed by atoms with E-state index in [2.05, 4.69) is 38.1 Å². The highest BCUT2D eigenvalue weighted by atomic mass is 79.9. The van der Waals surface area contributed by atoms with Crippen molar-refractivity contribution in [1.82, 2.24) is 9.97 Å². The predicted molar refractivity (Wildman–Crippen MR) is 88.3 cm³/mol. The minimum atomic E-state index is -0.494. The van der Waals surface area contributed by atoms with Crippen molar-refractivity contribution in [2.24, 2.45) is 0 Å². The van der Waals surface area contributed by atoms with Crippen LogP contribution in [0.2, 0.25) is 5.02 Å². The molecule has 0 aliphatic carbocycles. The fraction of sp³-hybridized carbons (Fsp3) is 0.333. The Labute approximate surface area is 137 Å². The Morgan fingerprint density at radius 2 is 2.05 bits per heavy atom. The summed E-state index contributed by atoms with van der Waals surface area (Å²) in [5.74, 6) is 0.523. The van der Waals surface area contributed by atoms with E-state index in [0.717, 1.165) is 29.6 Å². The molecule has 6 heteroatoms. The van der Waals surface area contributed by atoms with Gasteiger partial charge < -0.3 is 5.32 Å². The molecule has 0 radical (unpaired) electrons. The van der Waals surface area contributed by atoms with E-state index in [1.807, 2.05) is 6.92 Å². The second kappa shape index (κ2) is 7.18. The highest BCUT2D eigenvalue weighted by molar-refractivity contribution is 9.10. The van der Waals surface area contributed by atoms with Crippen LogP contribution in [0.3, 0.4) is 0 Å². The Hall–Kier alpha value is -1.20. The van der Waals surface area contributed by atoms with E-state index in [-0.39, 0.29) is 5.02 Å². The number of rotatable bonds is 5. The summed E-state index contributed by atoms with van der Waals surface area (Å²) in [4.78, 5) is 8.89. The number of hydrogen-bond acceptors (Lipinski definition) is 3. The highest BCUT2D eigenvalue weighted by Crippen LogP contribution is 2.30. The van der Waals surface area contributed by atoms with Gasteiger partial charge in [-0.05, 0) is 41.4 Å². The van der Waals surface area contributed by atoms with Crippen LogP contribution in [-0.2, 0) is 6.42 Å². The Bertz CT molecular complexity index is 622. The maximum atomic E-state index is 14.2. The summed E-state index contributed by atoms with van der Waals surface area (Å²) in [7, 11) is 0. The lowest BCUT2D eigenvalue weighted by Crippen LogP contribution is -2.07. The SMILES string of the molecule is CCCc1nc(-c2cccc(Cl)c2F)nc(NCC)c1Br. The summed E-state index contributed by atoms with van der Waals surface area (Å²) in [5.41, 5.74) is 1.17. The molecule has 0 unspecified atom stereocenters. The van der Waals surface area contributed by atoms with Gasteiger partial charge in [0.15, 0.2) is 11.6 Å². The molecule has 0 atom stereocenters. The standard InChI is InChI=1S/C15H16BrClFN3/c1-3-6-11-12(16)15(19-4-2)21-14(20-11)9-7-5-8-10(17)13(9)18/h5,7-8H,3-4,6H2,1-2H3,(H,19,20,21). The van der Waals surface area contributed by atoms with E-state index in [9.17, 15) is 4.39 Å². The molecule has 0 amide bonds. The largest absolute Gasteiger partial charge is 0.369 e. The molecular weight excluding hydrogens is 357 g/mol. The lowest BCUT2D eigenvalue weighted by atomic mass is 10.1. The maximum Gasteiger partial charge on any atom is 0.164 e. The smallest absolute Gasteiger partial charge is 0.164 e. The van der Waals surface area contributed by atoms with Crippen LogP contribution >= 0.6 is 27.5 Å². The van der Waals surface area contributed by atoms with Crippen LogP contribution < -0.4 is 5.32 Å². The summed E-state index contributed by atoms with van der Waals surface area (Å²) in [5, 5.41) is 3.24.